The molecule has 18 heavy (non-hydrogen) atoms. The highest BCUT2D eigenvalue weighted by atomic mass is 16.7. The zero-order valence-corrected chi connectivity index (χ0v) is 11.0. The molecular weight excluding hydrogens is 232 g/mol. The Morgan fingerprint density at radius 3 is 2.94 bits per heavy atom. The SMILES string of the molecule is CC(C)(COc1cnccn1)O[C@@H]1CCCCO1. The highest BCUT2D eigenvalue weighted by Crippen LogP contribution is 2.21. The Labute approximate surface area is 107 Å². The van der Waals surface area contributed by atoms with Crippen molar-refractivity contribution in [3.8, 4) is 5.88 Å². The number of ether oxygens (including phenoxy) is 3. The van der Waals surface area contributed by atoms with E-state index in [-0.39, 0.29) is 6.29 Å². The minimum Gasteiger partial charge on any atom is -0.474 e. The molecule has 1 fully saturated rings. The average Bonchev–Trinajstić information content (AvgIpc) is 2.38. The van der Waals surface area contributed by atoms with Crippen molar-refractivity contribution >= 4 is 0 Å². The van der Waals surface area contributed by atoms with Gasteiger partial charge in [-0.15, -0.1) is 0 Å². The predicted octanol–water partition coefficient (Wildman–Crippen LogP) is 2.18. The van der Waals surface area contributed by atoms with Gasteiger partial charge in [0.25, 0.3) is 0 Å². The van der Waals surface area contributed by atoms with Crippen LogP contribution in [0.3, 0.4) is 0 Å². The number of hydrogen-bond acceptors (Lipinski definition) is 5. The smallest absolute Gasteiger partial charge is 0.232 e. The van der Waals surface area contributed by atoms with Crippen molar-refractivity contribution in [3.05, 3.63) is 18.6 Å². The van der Waals surface area contributed by atoms with Gasteiger partial charge in [0.1, 0.15) is 6.61 Å². The van der Waals surface area contributed by atoms with Crippen LogP contribution in [0.1, 0.15) is 33.1 Å². The lowest BCUT2D eigenvalue weighted by Crippen LogP contribution is -2.38. The van der Waals surface area contributed by atoms with E-state index in [2.05, 4.69) is 9.97 Å². The fourth-order valence-electron chi connectivity index (χ4n) is 1.80. The normalized spacial score (nSPS) is 20.7. The van der Waals surface area contributed by atoms with Gasteiger partial charge in [0.05, 0.1) is 11.8 Å². The van der Waals surface area contributed by atoms with E-state index in [0.29, 0.717) is 12.5 Å². The summed E-state index contributed by atoms with van der Waals surface area (Å²) >= 11 is 0. The Balaban J connectivity index is 1.79. The second-order valence-corrected chi connectivity index (χ2v) is 5.01. The number of rotatable bonds is 5. The quantitative estimate of drug-likeness (QED) is 0.804. The molecule has 0 aliphatic carbocycles. The highest BCUT2D eigenvalue weighted by molar-refractivity contribution is 5.01. The molecule has 0 spiro atoms. The van der Waals surface area contributed by atoms with Gasteiger partial charge in [-0.1, -0.05) is 0 Å². The molecule has 0 radical (unpaired) electrons. The zero-order valence-electron chi connectivity index (χ0n) is 11.0. The van der Waals surface area contributed by atoms with E-state index in [9.17, 15) is 0 Å². The van der Waals surface area contributed by atoms with Crippen LogP contribution in [0.5, 0.6) is 5.88 Å². The summed E-state index contributed by atoms with van der Waals surface area (Å²) in [5.41, 5.74) is -0.403. The van der Waals surface area contributed by atoms with Crippen molar-refractivity contribution in [2.24, 2.45) is 0 Å². The van der Waals surface area contributed by atoms with Gasteiger partial charge in [-0.05, 0) is 33.1 Å². The van der Waals surface area contributed by atoms with Crippen molar-refractivity contribution in [2.75, 3.05) is 13.2 Å². The summed E-state index contributed by atoms with van der Waals surface area (Å²) in [6, 6.07) is 0. The van der Waals surface area contributed by atoms with Crippen LogP contribution in [0.2, 0.25) is 0 Å². The summed E-state index contributed by atoms with van der Waals surface area (Å²) in [5, 5.41) is 0. The number of hydrogen-bond donors (Lipinski definition) is 0. The molecule has 5 heteroatoms. The molecule has 2 heterocycles. The summed E-state index contributed by atoms with van der Waals surface area (Å²) in [4.78, 5) is 8.01. The third-order valence-corrected chi connectivity index (χ3v) is 2.70. The molecule has 0 bridgehead atoms. The van der Waals surface area contributed by atoms with Crippen LogP contribution < -0.4 is 4.74 Å². The van der Waals surface area contributed by atoms with Crippen molar-refractivity contribution in [1.29, 1.82) is 0 Å². The van der Waals surface area contributed by atoms with Gasteiger partial charge in [-0.2, -0.15) is 0 Å². The predicted molar refractivity (Wildman–Crippen MR) is 66.3 cm³/mol. The second-order valence-electron chi connectivity index (χ2n) is 5.01. The van der Waals surface area contributed by atoms with E-state index in [1.807, 2.05) is 13.8 Å². The summed E-state index contributed by atoms with van der Waals surface area (Å²) < 4.78 is 17.0. The molecule has 1 atom stereocenters. The summed E-state index contributed by atoms with van der Waals surface area (Å²) in [6.07, 6.45) is 7.93. The largest absolute Gasteiger partial charge is 0.474 e. The highest BCUT2D eigenvalue weighted by Gasteiger charge is 2.26. The fourth-order valence-corrected chi connectivity index (χ4v) is 1.80. The molecule has 100 valence electrons. The van der Waals surface area contributed by atoms with Gasteiger partial charge in [-0.3, -0.25) is 4.98 Å². The van der Waals surface area contributed by atoms with Crippen LogP contribution in [-0.4, -0.2) is 35.1 Å². The van der Waals surface area contributed by atoms with Gasteiger partial charge < -0.3 is 14.2 Å². The molecule has 2 rings (SSSR count). The molecule has 1 aromatic rings. The topological polar surface area (TPSA) is 53.5 Å². The lowest BCUT2D eigenvalue weighted by molar-refractivity contribution is -0.221. The Hall–Kier alpha value is -1.20. The first kappa shape index (κ1) is 13.2. The first-order valence-electron chi connectivity index (χ1n) is 6.34. The van der Waals surface area contributed by atoms with Gasteiger partial charge in [0.2, 0.25) is 5.88 Å². The molecule has 5 nitrogen and oxygen atoms in total. The Morgan fingerprint density at radius 1 is 1.39 bits per heavy atom. The van der Waals surface area contributed by atoms with E-state index in [1.165, 1.54) is 0 Å². The first-order valence-corrected chi connectivity index (χ1v) is 6.34. The van der Waals surface area contributed by atoms with E-state index in [0.717, 1.165) is 25.9 Å². The van der Waals surface area contributed by atoms with E-state index in [1.54, 1.807) is 18.6 Å². The minimum absolute atomic E-state index is 0.112. The molecule has 0 unspecified atom stereocenters. The Kier molecular flexibility index (Phi) is 4.49. The maximum atomic E-state index is 5.91. The van der Waals surface area contributed by atoms with Gasteiger partial charge in [0.15, 0.2) is 6.29 Å². The molecule has 1 aromatic heterocycles. The molecular formula is C13H20N2O3. The summed E-state index contributed by atoms with van der Waals surface area (Å²) in [6.45, 7) is 5.18. The van der Waals surface area contributed by atoms with Crippen LogP contribution in [0, 0.1) is 0 Å². The lowest BCUT2D eigenvalue weighted by atomic mass is 10.1. The van der Waals surface area contributed by atoms with Gasteiger partial charge in [0, 0.05) is 19.0 Å². The first-order chi connectivity index (χ1) is 8.66. The molecule has 0 aromatic carbocycles. The third kappa shape index (κ3) is 4.23. The molecule has 0 amide bonds. The third-order valence-electron chi connectivity index (χ3n) is 2.70. The van der Waals surface area contributed by atoms with E-state index < -0.39 is 5.60 Å². The minimum atomic E-state index is -0.403. The molecule has 0 saturated carbocycles. The van der Waals surface area contributed by atoms with Gasteiger partial charge in [-0.25, -0.2) is 4.98 Å². The van der Waals surface area contributed by atoms with Crippen molar-refractivity contribution in [1.82, 2.24) is 9.97 Å². The van der Waals surface area contributed by atoms with Gasteiger partial charge >= 0.3 is 0 Å². The van der Waals surface area contributed by atoms with E-state index >= 15 is 0 Å². The maximum Gasteiger partial charge on any atom is 0.232 e. The Bertz CT molecular complexity index is 351. The standard InChI is InChI=1S/C13H20N2O3/c1-13(2,18-12-5-3-4-8-16-12)10-17-11-9-14-6-7-15-11/h6-7,9,12H,3-5,8,10H2,1-2H3/t12-/m1/s1. The second kappa shape index (κ2) is 6.11. The fraction of sp³-hybridized carbons (Fsp3) is 0.692. The lowest BCUT2D eigenvalue weighted by Gasteiger charge is -2.32. The monoisotopic (exact) mass is 252 g/mol. The molecule has 1 saturated heterocycles. The van der Waals surface area contributed by atoms with Crippen molar-refractivity contribution < 1.29 is 14.2 Å². The molecule has 1 aliphatic rings. The zero-order chi connectivity index (χ0) is 12.8. The average molecular weight is 252 g/mol. The van der Waals surface area contributed by atoms with Crippen LogP contribution in [0.15, 0.2) is 18.6 Å². The molecule has 0 N–H and O–H groups in total. The molecule has 1 aliphatic heterocycles. The van der Waals surface area contributed by atoms with Crippen LogP contribution in [-0.2, 0) is 9.47 Å². The Morgan fingerprint density at radius 2 is 2.28 bits per heavy atom. The summed E-state index contributed by atoms with van der Waals surface area (Å²) in [7, 11) is 0. The van der Waals surface area contributed by atoms with Crippen LogP contribution >= 0.6 is 0 Å². The van der Waals surface area contributed by atoms with E-state index in [4.69, 9.17) is 14.2 Å². The number of nitrogens with zero attached hydrogens (tertiary/aromatic N) is 2. The maximum absolute atomic E-state index is 5.91. The summed E-state index contributed by atoms with van der Waals surface area (Å²) in [5.74, 6) is 0.513. The van der Waals surface area contributed by atoms with Crippen molar-refractivity contribution in [3.63, 3.8) is 0 Å². The van der Waals surface area contributed by atoms with Crippen LogP contribution in [0.25, 0.3) is 0 Å². The van der Waals surface area contributed by atoms with Crippen molar-refractivity contribution in [2.45, 2.75) is 45.0 Å². The van der Waals surface area contributed by atoms with Crippen LogP contribution in [0.4, 0.5) is 0 Å². The number of aromatic nitrogens is 2.